The number of nitrogens with one attached hydrogen (secondary N) is 1. The number of nitrogens with zero attached hydrogens (tertiary/aromatic N) is 1. The molecule has 0 aromatic heterocycles. The van der Waals surface area contributed by atoms with Crippen molar-refractivity contribution in [2.24, 2.45) is 0 Å². The summed E-state index contributed by atoms with van der Waals surface area (Å²) in [6.45, 7) is 1.94. The highest BCUT2D eigenvalue weighted by molar-refractivity contribution is 8.16. The molecule has 1 N–H and O–H groups in total. The Hall–Kier alpha value is -2.49. The standard InChI is InChI=1S/C19H16N2O2S2/c1-13-7-9-15(10-8-13)21-18(23)16(11-20)19(24)25-12-17(22)14-5-3-2-4-6-14/h2-10,24H,12H2,1H3,(H,21,23). The van der Waals surface area contributed by atoms with Gasteiger partial charge in [0.1, 0.15) is 11.6 Å². The summed E-state index contributed by atoms with van der Waals surface area (Å²) < 4.78 is 0.219. The van der Waals surface area contributed by atoms with Crippen LogP contribution in [-0.2, 0) is 4.79 Å². The van der Waals surface area contributed by atoms with Gasteiger partial charge in [-0.25, -0.2) is 0 Å². The van der Waals surface area contributed by atoms with Crippen molar-refractivity contribution in [1.29, 1.82) is 5.26 Å². The minimum absolute atomic E-state index is 0.0895. The van der Waals surface area contributed by atoms with Crippen LogP contribution in [0.1, 0.15) is 15.9 Å². The lowest BCUT2D eigenvalue weighted by Gasteiger charge is -2.07. The fraction of sp³-hybridized carbons (Fsp3) is 0.105. The molecule has 0 aliphatic carbocycles. The molecule has 2 aromatic rings. The second-order valence-corrected chi connectivity index (χ2v) is 6.93. The zero-order chi connectivity index (χ0) is 18.2. The minimum atomic E-state index is -0.545. The predicted octanol–water partition coefficient (Wildman–Crippen LogP) is 4.21. The van der Waals surface area contributed by atoms with Crippen LogP contribution in [0.15, 0.2) is 64.4 Å². The molecule has 0 heterocycles. The van der Waals surface area contributed by atoms with E-state index in [2.05, 4.69) is 17.9 Å². The number of amides is 1. The predicted molar refractivity (Wildman–Crippen MR) is 105 cm³/mol. The first kappa shape index (κ1) is 18.8. The molecule has 25 heavy (non-hydrogen) atoms. The van der Waals surface area contributed by atoms with Crippen molar-refractivity contribution in [3.8, 4) is 6.07 Å². The third-order valence-electron chi connectivity index (χ3n) is 3.30. The summed E-state index contributed by atoms with van der Waals surface area (Å²) in [4.78, 5) is 24.3. The number of benzene rings is 2. The average Bonchev–Trinajstić information content (AvgIpc) is 2.63. The number of carbonyl (C=O) groups is 2. The van der Waals surface area contributed by atoms with Crippen LogP contribution >= 0.6 is 24.4 Å². The fourth-order valence-corrected chi connectivity index (χ4v) is 3.00. The van der Waals surface area contributed by atoms with Crippen molar-refractivity contribution >= 4 is 41.8 Å². The van der Waals surface area contributed by atoms with Crippen LogP contribution in [0.2, 0.25) is 0 Å². The number of carbonyl (C=O) groups excluding carboxylic acids is 2. The highest BCUT2D eigenvalue weighted by Crippen LogP contribution is 2.25. The second-order valence-electron chi connectivity index (χ2n) is 5.19. The zero-order valence-corrected chi connectivity index (χ0v) is 15.2. The molecule has 0 aliphatic heterocycles. The quantitative estimate of drug-likeness (QED) is 0.347. The van der Waals surface area contributed by atoms with E-state index in [1.807, 2.05) is 31.2 Å². The molecule has 0 unspecified atom stereocenters. The van der Waals surface area contributed by atoms with E-state index in [1.165, 1.54) is 0 Å². The van der Waals surface area contributed by atoms with Gasteiger partial charge in [0.25, 0.3) is 5.91 Å². The number of Topliss-reactive ketones (excluding diaryl/α,β-unsaturated/α-hetero) is 1. The van der Waals surface area contributed by atoms with Crippen LogP contribution in [0.3, 0.4) is 0 Å². The van der Waals surface area contributed by atoms with E-state index >= 15 is 0 Å². The van der Waals surface area contributed by atoms with Crippen molar-refractivity contribution in [2.75, 3.05) is 11.1 Å². The van der Waals surface area contributed by atoms with Crippen LogP contribution in [-0.4, -0.2) is 17.4 Å². The SMILES string of the molecule is Cc1ccc(NC(=O)C(C#N)=C(S)SCC(=O)c2ccccc2)cc1. The molecule has 0 fully saturated rings. The number of nitriles is 1. The molecule has 2 aromatic carbocycles. The summed E-state index contributed by atoms with van der Waals surface area (Å²) in [7, 11) is 0. The molecule has 0 bridgehead atoms. The lowest BCUT2D eigenvalue weighted by atomic mass is 10.2. The van der Waals surface area contributed by atoms with Gasteiger partial charge in [0.15, 0.2) is 5.78 Å². The average molecular weight is 368 g/mol. The third-order valence-corrected chi connectivity index (χ3v) is 4.79. The van der Waals surface area contributed by atoms with Crippen LogP contribution in [0.25, 0.3) is 0 Å². The topological polar surface area (TPSA) is 70.0 Å². The van der Waals surface area contributed by atoms with Gasteiger partial charge in [0.05, 0.1) is 9.99 Å². The Morgan fingerprint density at radius 1 is 1.12 bits per heavy atom. The van der Waals surface area contributed by atoms with E-state index in [0.717, 1.165) is 17.3 Å². The zero-order valence-electron chi connectivity index (χ0n) is 13.5. The van der Waals surface area contributed by atoms with Crippen molar-refractivity contribution in [3.05, 3.63) is 75.5 Å². The Kier molecular flexibility index (Phi) is 6.87. The molecular formula is C19H16N2O2S2. The number of thiol groups is 1. The number of hydrogen-bond donors (Lipinski definition) is 2. The molecule has 0 spiro atoms. The van der Waals surface area contributed by atoms with E-state index in [4.69, 9.17) is 0 Å². The van der Waals surface area contributed by atoms with Gasteiger partial charge in [-0.15, -0.1) is 24.4 Å². The maximum Gasteiger partial charge on any atom is 0.268 e. The van der Waals surface area contributed by atoms with Gasteiger partial charge in [0, 0.05) is 11.3 Å². The maximum atomic E-state index is 12.2. The monoisotopic (exact) mass is 368 g/mol. The fourth-order valence-electron chi connectivity index (χ4n) is 1.94. The van der Waals surface area contributed by atoms with E-state index < -0.39 is 5.91 Å². The largest absolute Gasteiger partial charge is 0.321 e. The normalized spacial score (nSPS) is 11.2. The van der Waals surface area contributed by atoms with Gasteiger partial charge in [-0.2, -0.15) is 5.26 Å². The molecule has 0 saturated heterocycles. The summed E-state index contributed by atoms with van der Waals surface area (Å²) in [5.41, 5.74) is 2.13. The van der Waals surface area contributed by atoms with Gasteiger partial charge in [-0.05, 0) is 19.1 Å². The van der Waals surface area contributed by atoms with Gasteiger partial charge < -0.3 is 5.32 Å². The summed E-state index contributed by atoms with van der Waals surface area (Å²) in [6, 6.07) is 17.9. The van der Waals surface area contributed by atoms with E-state index in [0.29, 0.717) is 11.3 Å². The highest BCUT2D eigenvalue weighted by Gasteiger charge is 2.15. The van der Waals surface area contributed by atoms with Crippen LogP contribution in [0.4, 0.5) is 5.69 Å². The van der Waals surface area contributed by atoms with Crippen LogP contribution in [0, 0.1) is 18.3 Å². The van der Waals surface area contributed by atoms with Crippen molar-refractivity contribution < 1.29 is 9.59 Å². The molecule has 2 rings (SSSR count). The summed E-state index contributed by atoms with van der Waals surface area (Å²) in [5, 5.41) is 11.9. The van der Waals surface area contributed by atoms with Crippen molar-refractivity contribution in [1.82, 2.24) is 0 Å². The number of rotatable bonds is 6. The first-order chi connectivity index (χ1) is 12.0. The molecule has 0 radical (unpaired) electrons. The first-order valence-electron chi connectivity index (χ1n) is 7.43. The first-order valence-corrected chi connectivity index (χ1v) is 8.87. The van der Waals surface area contributed by atoms with Gasteiger partial charge in [0.2, 0.25) is 0 Å². The molecule has 126 valence electrons. The van der Waals surface area contributed by atoms with E-state index in [-0.39, 0.29) is 21.3 Å². The Morgan fingerprint density at radius 3 is 2.36 bits per heavy atom. The van der Waals surface area contributed by atoms with E-state index in [1.54, 1.807) is 36.4 Å². The second kappa shape index (κ2) is 9.11. The Labute approximate surface area is 156 Å². The maximum absolute atomic E-state index is 12.2. The molecule has 0 aliphatic rings. The molecule has 4 nitrogen and oxygen atoms in total. The van der Waals surface area contributed by atoms with Gasteiger partial charge in [-0.1, -0.05) is 48.0 Å². The van der Waals surface area contributed by atoms with Crippen LogP contribution < -0.4 is 5.32 Å². The number of ketones is 1. The number of thioether (sulfide) groups is 1. The number of hydrogen-bond acceptors (Lipinski definition) is 5. The number of aryl methyl sites for hydroxylation is 1. The minimum Gasteiger partial charge on any atom is -0.321 e. The molecule has 6 heteroatoms. The summed E-state index contributed by atoms with van der Waals surface area (Å²) >= 11 is 5.29. The Morgan fingerprint density at radius 2 is 1.76 bits per heavy atom. The lowest BCUT2D eigenvalue weighted by molar-refractivity contribution is -0.112. The lowest BCUT2D eigenvalue weighted by Crippen LogP contribution is -2.14. The van der Waals surface area contributed by atoms with E-state index in [9.17, 15) is 14.9 Å². The summed E-state index contributed by atoms with van der Waals surface area (Å²) in [6.07, 6.45) is 0. The molecule has 0 atom stereocenters. The van der Waals surface area contributed by atoms with Crippen LogP contribution in [0.5, 0.6) is 0 Å². The third kappa shape index (κ3) is 5.52. The number of anilines is 1. The van der Waals surface area contributed by atoms with Crippen molar-refractivity contribution in [2.45, 2.75) is 6.92 Å². The van der Waals surface area contributed by atoms with Gasteiger partial charge >= 0.3 is 0 Å². The Bertz CT molecular complexity index is 838. The molecule has 0 saturated carbocycles. The van der Waals surface area contributed by atoms with Gasteiger partial charge in [-0.3, -0.25) is 9.59 Å². The highest BCUT2D eigenvalue weighted by atomic mass is 32.2. The van der Waals surface area contributed by atoms with Crippen molar-refractivity contribution in [3.63, 3.8) is 0 Å². The molecular weight excluding hydrogens is 352 g/mol. The molecule has 1 amide bonds. The smallest absolute Gasteiger partial charge is 0.268 e. The summed E-state index contributed by atoms with van der Waals surface area (Å²) in [5.74, 6) is -0.532. The Balaban J connectivity index is 2.03.